The third kappa shape index (κ3) is 2.60. The molecular formula is C41H24O. The van der Waals surface area contributed by atoms with E-state index in [2.05, 4.69) is 140 Å². The smallest absolute Gasteiger partial charge is 0.136 e. The van der Waals surface area contributed by atoms with E-state index < -0.39 is 5.41 Å². The Balaban J connectivity index is 1.32. The number of para-hydroxylation sites is 1. The zero-order valence-electron chi connectivity index (χ0n) is 22.8. The lowest BCUT2D eigenvalue weighted by Crippen LogP contribution is -2.26. The van der Waals surface area contributed by atoms with Crippen LogP contribution in [0.3, 0.4) is 0 Å². The molecule has 2 aliphatic carbocycles. The fraction of sp³-hybridized carbons (Fsp3) is 0.0244. The summed E-state index contributed by atoms with van der Waals surface area (Å²) >= 11 is 0. The summed E-state index contributed by atoms with van der Waals surface area (Å²) in [5, 5.41) is 2.38. The number of ether oxygens (including phenoxy) is 1. The Kier molecular flexibility index (Phi) is 4.18. The highest BCUT2D eigenvalue weighted by atomic mass is 16.5. The van der Waals surface area contributed by atoms with Crippen molar-refractivity contribution in [2.45, 2.75) is 5.41 Å². The van der Waals surface area contributed by atoms with Gasteiger partial charge in [-0.05, 0) is 84.8 Å². The normalized spacial score (nSPS) is 14.1. The molecule has 0 saturated heterocycles. The van der Waals surface area contributed by atoms with Crippen LogP contribution in [-0.2, 0) is 5.41 Å². The van der Waals surface area contributed by atoms with Gasteiger partial charge in [0.25, 0.3) is 0 Å². The molecule has 1 spiro atoms. The van der Waals surface area contributed by atoms with Gasteiger partial charge in [0, 0.05) is 10.9 Å². The Morgan fingerprint density at radius 3 is 1.62 bits per heavy atom. The van der Waals surface area contributed by atoms with Gasteiger partial charge in [-0.1, -0.05) is 127 Å². The Hall–Kier alpha value is -5.40. The van der Waals surface area contributed by atoms with Crippen LogP contribution in [0.25, 0.3) is 55.3 Å². The molecule has 0 fully saturated rings. The molecule has 3 aliphatic rings. The molecule has 0 saturated carbocycles. The quantitative estimate of drug-likeness (QED) is 0.204. The molecule has 0 N–H and O–H groups in total. The van der Waals surface area contributed by atoms with Gasteiger partial charge in [0.15, 0.2) is 0 Å². The van der Waals surface area contributed by atoms with Gasteiger partial charge in [0.2, 0.25) is 0 Å². The molecule has 7 aromatic rings. The fourth-order valence-corrected chi connectivity index (χ4v) is 8.14. The predicted molar refractivity (Wildman–Crippen MR) is 171 cm³/mol. The van der Waals surface area contributed by atoms with Crippen LogP contribution >= 0.6 is 0 Å². The van der Waals surface area contributed by atoms with E-state index in [0.717, 1.165) is 17.1 Å². The second-order valence-electron chi connectivity index (χ2n) is 11.6. The lowest BCUT2D eigenvalue weighted by Gasteiger charge is -2.32. The summed E-state index contributed by atoms with van der Waals surface area (Å²) in [5.41, 5.74) is 15.1. The SMILES string of the molecule is c1ccc2c(c1)Oc1cc(-c3cccc4c3C3(c5ccccc5-c5ccccc53)c3ccccc3-4)cc3cccc-2c13. The fourth-order valence-electron chi connectivity index (χ4n) is 8.14. The number of hydrogen-bond donors (Lipinski definition) is 0. The third-order valence-electron chi connectivity index (χ3n) is 9.66. The largest absolute Gasteiger partial charge is 0.456 e. The molecule has 42 heavy (non-hydrogen) atoms. The molecular weight excluding hydrogens is 508 g/mol. The summed E-state index contributed by atoms with van der Waals surface area (Å²) in [5.74, 6) is 1.83. The van der Waals surface area contributed by atoms with Crippen molar-refractivity contribution in [2.24, 2.45) is 0 Å². The predicted octanol–water partition coefficient (Wildman–Crippen LogP) is 10.6. The molecule has 1 aliphatic heterocycles. The number of hydrogen-bond acceptors (Lipinski definition) is 1. The highest BCUT2D eigenvalue weighted by Crippen LogP contribution is 2.64. The summed E-state index contributed by atoms with van der Waals surface area (Å²) < 4.78 is 6.62. The zero-order valence-corrected chi connectivity index (χ0v) is 22.8. The monoisotopic (exact) mass is 532 g/mol. The maximum atomic E-state index is 6.62. The minimum absolute atomic E-state index is 0.392. The molecule has 0 bridgehead atoms. The van der Waals surface area contributed by atoms with Gasteiger partial charge < -0.3 is 4.74 Å². The molecule has 0 aromatic heterocycles. The van der Waals surface area contributed by atoms with E-state index in [0.29, 0.717) is 0 Å². The first-order valence-corrected chi connectivity index (χ1v) is 14.6. The molecule has 0 unspecified atom stereocenters. The first-order chi connectivity index (χ1) is 20.8. The summed E-state index contributed by atoms with van der Waals surface area (Å²) in [6, 6.07) is 53.4. The molecule has 7 aromatic carbocycles. The van der Waals surface area contributed by atoms with Gasteiger partial charge >= 0.3 is 0 Å². The lowest BCUT2D eigenvalue weighted by atomic mass is 9.68. The van der Waals surface area contributed by atoms with Crippen LogP contribution in [0.4, 0.5) is 0 Å². The molecule has 0 atom stereocenters. The van der Waals surface area contributed by atoms with E-state index in [1.165, 1.54) is 72.0 Å². The van der Waals surface area contributed by atoms with E-state index >= 15 is 0 Å². The van der Waals surface area contributed by atoms with Gasteiger partial charge in [-0.15, -0.1) is 0 Å². The highest BCUT2D eigenvalue weighted by molar-refractivity contribution is 6.07. The average molecular weight is 533 g/mol. The molecule has 1 heterocycles. The van der Waals surface area contributed by atoms with E-state index in [1.54, 1.807) is 0 Å². The van der Waals surface area contributed by atoms with Crippen molar-refractivity contribution in [3.8, 4) is 56.0 Å². The Morgan fingerprint density at radius 2 is 0.905 bits per heavy atom. The topological polar surface area (TPSA) is 9.23 Å². The van der Waals surface area contributed by atoms with Crippen molar-refractivity contribution in [1.29, 1.82) is 0 Å². The molecule has 194 valence electrons. The number of fused-ring (bicyclic) bond motifs is 12. The van der Waals surface area contributed by atoms with Crippen molar-refractivity contribution in [2.75, 3.05) is 0 Å². The molecule has 1 heteroatoms. The summed E-state index contributed by atoms with van der Waals surface area (Å²) in [7, 11) is 0. The average Bonchev–Trinajstić information content (AvgIpc) is 3.52. The molecule has 10 rings (SSSR count). The van der Waals surface area contributed by atoms with Crippen LogP contribution in [0, 0.1) is 0 Å². The summed E-state index contributed by atoms with van der Waals surface area (Å²) in [6.07, 6.45) is 0. The van der Waals surface area contributed by atoms with Crippen LogP contribution in [0.15, 0.2) is 146 Å². The Bertz CT molecular complexity index is 2230. The standard InChI is InChI=1S/C41H24O/c1-5-19-34-28(12-1)29-13-2-6-20-35(29)41(34)36-21-7-3-14-30(36)33-18-10-16-27(40(33)41)26-23-25-11-9-17-32-31-15-4-8-22-37(31)42-38(24-26)39(25)32/h1-24H. The lowest BCUT2D eigenvalue weighted by molar-refractivity contribution is 0.487. The minimum Gasteiger partial charge on any atom is -0.456 e. The molecule has 1 nitrogen and oxygen atoms in total. The minimum atomic E-state index is -0.392. The van der Waals surface area contributed by atoms with Crippen LogP contribution in [-0.4, -0.2) is 0 Å². The Morgan fingerprint density at radius 1 is 0.381 bits per heavy atom. The van der Waals surface area contributed by atoms with Crippen LogP contribution in [0.5, 0.6) is 11.5 Å². The second kappa shape index (κ2) is 7.87. The van der Waals surface area contributed by atoms with Gasteiger partial charge in [0.1, 0.15) is 11.5 Å². The van der Waals surface area contributed by atoms with Crippen molar-refractivity contribution >= 4 is 10.8 Å². The van der Waals surface area contributed by atoms with Crippen molar-refractivity contribution < 1.29 is 4.74 Å². The first-order valence-electron chi connectivity index (χ1n) is 14.6. The molecule has 0 radical (unpaired) electrons. The van der Waals surface area contributed by atoms with E-state index in [9.17, 15) is 0 Å². The van der Waals surface area contributed by atoms with Crippen molar-refractivity contribution in [3.05, 3.63) is 168 Å². The van der Waals surface area contributed by atoms with E-state index in [1.807, 2.05) is 6.07 Å². The summed E-state index contributed by atoms with van der Waals surface area (Å²) in [4.78, 5) is 0. The van der Waals surface area contributed by atoms with Crippen LogP contribution in [0.1, 0.15) is 22.3 Å². The zero-order chi connectivity index (χ0) is 27.4. The highest BCUT2D eigenvalue weighted by Gasteiger charge is 2.52. The Labute approximate surface area is 244 Å². The van der Waals surface area contributed by atoms with Gasteiger partial charge in [-0.25, -0.2) is 0 Å². The number of benzene rings is 7. The van der Waals surface area contributed by atoms with Crippen molar-refractivity contribution in [3.63, 3.8) is 0 Å². The maximum Gasteiger partial charge on any atom is 0.136 e. The third-order valence-corrected chi connectivity index (χ3v) is 9.66. The van der Waals surface area contributed by atoms with Crippen LogP contribution in [0.2, 0.25) is 0 Å². The van der Waals surface area contributed by atoms with Gasteiger partial charge in [0.05, 0.1) is 5.41 Å². The van der Waals surface area contributed by atoms with Crippen molar-refractivity contribution in [1.82, 2.24) is 0 Å². The maximum absolute atomic E-state index is 6.62. The number of rotatable bonds is 1. The second-order valence-corrected chi connectivity index (χ2v) is 11.6. The van der Waals surface area contributed by atoms with E-state index in [4.69, 9.17) is 4.74 Å². The molecule has 0 amide bonds. The van der Waals surface area contributed by atoms with Gasteiger partial charge in [-0.3, -0.25) is 0 Å². The van der Waals surface area contributed by atoms with E-state index in [-0.39, 0.29) is 0 Å². The summed E-state index contributed by atoms with van der Waals surface area (Å²) in [6.45, 7) is 0. The van der Waals surface area contributed by atoms with Crippen LogP contribution < -0.4 is 4.74 Å². The first kappa shape index (κ1) is 22.3. The van der Waals surface area contributed by atoms with Gasteiger partial charge in [-0.2, -0.15) is 0 Å².